The summed E-state index contributed by atoms with van der Waals surface area (Å²) < 4.78 is 22.3. The van der Waals surface area contributed by atoms with Crippen molar-refractivity contribution < 1.29 is 13.9 Å². The average molecular weight is 404 g/mol. The van der Waals surface area contributed by atoms with Crippen LogP contribution in [-0.4, -0.2) is 41.1 Å². The molecule has 2 N–H and O–H groups in total. The molecule has 8 heteroatoms. The number of hydrogen-bond acceptors (Lipinski definition) is 4. The summed E-state index contributed by atoms with van der Waals surface area (Å²) in [7, 11) is 0. The Bertz CT molecular complexity index is 885. The van der Waals surface area contributed by atoms with E-state index in [0.717, 1.165) is 11.4 Å². The Balaban J connectivity index is 1.70. The van der Waals surface area contributed by atoms with Gasteiger partial charge in [-0.25, -0.2) is 9.18 Å². The van der Waals surface area contributed by atoms with Gasteiger partial charge in [-0.3, -0.25) is 4.68 Å². The van der Waals surface area contributed by atoms with Crippen LogP contribution in [-0.2, 0) is 4.74 Å². The number of halogens is 1. The van der Waals surface area contributed by atoms with Gasteiger partial charge in [0.1, 0.15) is 5.82 Å². The second-order valence-corrected chi connectivity index (χ2v) is 7.99. The molecule has 1 aliphatic heterocycles. The summed E-state index contributed by atoms with van der Waals surface area (Å²) in [5.41, 5.74) is 3.20. The summed E-state index contributed by atoms with van der Waals surface area (Å²) >= 11 is 0. The number of aromatic nitrogens is 2. The Morgan fingerprint density at radius 1 is 1.21 bits per heavy atom. The predicted octanol–water partition coefficient (Wildman–Crippen LogP) is 4.48. The fourth-order valence-electron chi connectivity index (χ4n) is 3.84. The van der Waals surface area contributed by atoms with Gasteiger partial charge in [-0.15, -0.1) is 0 Å². The van der Waals surface area contributed by atoms with Gasteiger partial charge in [-0.05, 0) is 59.7 Å². The lowest BCUT2D eigenvalue weighted by atomic mass is 10.2. The van der Waals surface area contributed by atoms with Crippen molar-refractivity contribution in [2.75, 3.05) is 28.6 Å². The van der Waals surface area contributed by atoms with Crippen LogP contribution in [0.15, 0.2) is 18.2 Å². The SMILES string of the molecule is Cc1nn(C(C)C)c(C)c1NC(=O)Nc1ccc(N2C[C@@H](C)O[C@@H](C)C2)c(F)c1. The number of nitrogens with zero attached hydrogens (tertiary/aromatic N) is 3. The van der Waals surface area contributed by atoms with Crippen LogP contribution in [0, 0.1) is 19.7 Å². The first-order chi connectivity index (χ1) is 13.7. The lowest BCUT2D eigenvalue weighted by Crippen LogP contribution is -2.45. The third-order valence-corrected chi connectivity index (χ3v) is 5.02. The third-order valence-electron chi connectivity index (χ3n) is 5.02. The van der Waals surface area contributed by atoms with Crippen LogP contribution in [0.2, 0.25) is 0 Å². The molecule has 1 saturated heterocycles. The van der Waals surface area contributed by atoms with Crippen molar-refractivity contribution in [1.29, 1.82) is 0 Å². The van der Waals surface area contributed by atoms with Gasteiger partial charge in [0.15, 0.2) is 0 Å². The van der Waals surface area contributed by atoms with Gasteiger partial charge in [0.05, 0.1) is 35.0 Å². The summed E-state index contributed by atoms with van der Waals surface area (Å²) in [5, 5.41) is 9.99. The van der Waals surface area contributed by atoms with Crippen LogP contribution < -0.4 is 15.5 Å². The summed E-state index contributed by atoms with van der Waals surface area (Å²) in [5.74, 6) is -0.371. The number of morpholine rings is 1. The number of hydrogen-bond donors (Lipinski definition) is 2. The molecule has 3 rings (SSSR count). The molecule has 7 nitrogen and oxygen atoms in total. The number of rotatable bonds is 4. The van der Waals surface area contributed by atoms with E-state index in [4.69, 9.17) is 4.74 Å². The highest BCUT2D eigenvalue weighted by atomic mass is 19.1. The number of urea groups is 1. The molecule has 29 heavy (non-hydrogen) atoms. The van der Waals surface area contributed by atoms with Crippen molar-refractivity contribution in [1.82, 2.24) is 9.78 Å². The molecule has 1 aliphatic rings. The van der Waals surface area contributed by atoms with E-state index in [9.17, 15) is 9.18 Å². The monoisotopic (exact) mass is 403 g/mol. The Morgan fingerprint density at radius 2 is 1.86 bits per heavy atom. The first-order valence-corrected chi connectivity index (χ1v) is 9.99. The van der Waals surface area contributed by atoms with Crippen molar-refractivity contribution in [3.8, 4) is 0 Å². The minimum atomic E-state index is -0.430. The van der Waals surface area contributed by atoms with Crippen LogP contribution in [0.4, 0.5) is 26.2 Å². The van der Waals surface area contributed by atoms with Gasteiger partial charge in [0.25, 0.3) is 0 Å². The standard InChI is InChI=1S/C21H30FN5O2/c1-12(2)27-16(6)20(15(5)25-27)24-21(28)23-17-7-8-19(18(22)9-17)26-10-13(3)29-14(4)11-26/h7-9,12-14H,10-11H2,1-6H3,(H2,23,24,28)/t13-,14+. The van der Waals surface area contributed by atoms with Crippen molar-refractivity contribution in [3.05, 3.63) is 35.4 Å². The zero-order chi connectivity index (χ0) is 21.3. The number of carbonyl (C=O) groups is 1. The van der Waals surface area contributed by atoms with Gasteiger partial charge in [0.2, 0.25) is 0 Å². The van der Waals surface area contributed by atoms with Gasteiger partial charge < -0.3 is 20.3 Å². The number of aryl methyl sites for hydroxylation is 1. The molecule has 1 fully saturated rings. The van der Waals surface area contributed by atoms with E-state index in [2.05, 4.69) is 15.7 Å². The zero-order valence-electron chi connectivity index (χ0n) is 17.9. The second-order valence-electron chi connectivity index (χ2n) is 7.99. The van der Waals surface area contributed by atoms with Crippen molar-refractivity contribution in [3.63, 3.8) is 0 Å². The highest BCUT2D eigenvalue weighted by molar-refractivity contribution is 6.00. The quantitative estimate of drug-likeness (QED) is 0.790. The number of carbonyl (C=O) groups excluding carboxylic acids is 1. The third kappa shape index (κ3) is 4.70. The molecule has 0 spiro atoms. The molecule has 1 aromatic carbocycles. The van der Waals surface area contributed by atoms with Gasteiger partial charge in [-0.2, -0.15) is 5.10 Å². The van der Waals surface area contributed by atoms with Crippen LogP contribution in [0.1, 0.15) is 45.1 Å². The molecule has 2 atom stereocenters. The predicted molar refractivity (Wildman–Crippen MR) is 113 cm³/mol. The van der Waals surface area contributed by atoms with E-state index in [1.807, 2.05) is 51.1 Å². The minimum Gasteiger partial charge on any atom is -0.372 e. The second kappa shape index (κ2) is 8.41. The number of anilines is 3. The normalized spacial score (nSPS) is 19.5. The molecular formula is C21H30FN5O2. The van der Waals surface area contributed by atoms with Gasteiger partial charge >= 0.3 is 6.03 Å². The number of nitrogens with one attached hydrogen (secondary N) is 2. The fraction of sp³-hybridized carbons (Fsp3) is 0.524. The van der Waals surface area contributed by atoms with Crippen molar-refractivity contribution in [2.24, 2.45) is 0 Å². The lowest BCUT2D eigenvalue weighted by Gasteiger charge is -2.37. The maximum Gasteiger partial charge on any atom is 0.323 e. The largest absolute Gasteiger partial charge is 0.372 e. The molecule has 0 aliphatic carbocycles. The molecule has 2 heterocycles. The van der Waals surface area contributed by atoms with Crippen LogP contribution >= 0.6 is 0 Å². The average Bonchev–Trinajstić information content (AvgIpc) is 2.89. The van der Waals surface area contributed by atoms with Crippen molar-refractivity contribution >= 4 is 23.1 Å². The van der Waals surface area contributed by atoms with E-state index < -0.39 is 6.03 Å². The fourth-order valence-corrected chi connectivity index (χ4v) is 3.84. The smallest absolute Gasteiger partial charge is 0.323 e. The molecule has 0 bridgehead atoms. The molecule has 1 aromatic heterocycles. The summed E-state index contributed by atoms with van der Waals surface area (Å²) in [6.45, 7) is 13.0. The summed E-state index contributed by atoms with van der Waals surface area (Å²) in [6.07, 6.45) is 0.0833. The minimum absolute atomic E-state index is 0.0416. The molecule has 2 amide bonds. The Morgan fingerprint density at radius 3 is 2.41 bits per heavy atom. The van der Waals surface area contributed by atoms with E-state index in [0.29, 0.717) is 30.2 Å². The molecule has 0 saturated carbocycles. The maximum atomic E-state index is 14.7. The molecule has 2 aromatic rings. The topological polar surface area (TPSA) is 71.4 Å². The van der Waals surface area contributed by atoms with Crippen LogP contribution in [0.25, 0.3) is 0 Å². The highest BCUT2D eigenvalue weighted by Gasteiger charge is 2.24. The Kier molecular flexibility index (Phi) is 6.12. The number of ether oxygens (including phenoxy) is 1. The first kappa shape index (κ1) is 21.1. The van der Waals surface area contributed by atoms with Crippen LogP contribution in [0.5, 0.6) is 0 Å². The number of amides is 2. The van der Waals surface area contributed by atoms with E-state index >= 15 is 0 Å². The van der Waals surface area contributed by atoms with Gasteiger partial charge in [-0.1, -0.05) is 0 Å². The first-order valence-electron chi connectivity index (χ1n) is 9.99. The van der Waals surface area contributed by atoms with E-state index in [-0.39, 0.29) is 24.1 Å². The van der Waals surface area contributed by atoms with E-state index in [1.54, 1.807) is 12.1 Å². The summed E-state index contributed by atoms with van der Waals surface area (Å²) in [4.78, 5) is 14.4. The molecule has 158 valence electrons. The number of benzene rings is 1. The molecule has 0 radical (unpaired) electrons. The molecule has 0 unspecified atom stereocenters. The van der Waals surface area contributed by atoms with E-state index in [1.165, 1.54) is 6.07 Å². The zero-order valence-corrected chi connectivity index (χ0v) is 17.9. The molecular weight excluding hydrogens is 373 g/mol. The highest BCUT2D eigenvalue weighted by Crippen LogP contribution is 2.27. The summed E-state index contributed by atoms with van der Waals surface area (Å²) in [6, 6.07) is 4.51. The van der Waals surface area contributed by atoms with Crippen LogP contribution in [0.3, 0.4) is 0 Å². The Hall–Kier alpha value is -2.61. The Labute approximate surface area is 171 Å². The maximum absolute atomic E-state index is 14.7. The lowest BCUT2D eigenvalue weighted by molar-refractivity contribution is -0.00539. The van der Waals surface area contributed by atoms with Crippen molar-refractivity contribution in [2.45, 2.75) is 59.8 Å². The van der Waals surface area contributed by atoms with Gasteiger partial charge in [0, 0.05) is 24.8 Å².